The molecule has 3 heterocycles. The second-order valence-electron chi connectivity index (χ2n) is 14.9. The lowest BCUT2D eigenvalue weighted by Gasteiger charge is -2.26. The molecule has 3 nitrogen and oxygen atoms in total. The first-order chi connectivity index (χ1) is 28.7. The Morgan fingerprint density at radius 3 is 1.67 bits per heavy atom. The van der Waals surface area contributed by atoms with E-state index in [-0.39, 0.29) is 0 Å². The monoisotopic (exact) mass is 758 g/mol. The van der Waals surface area contributed by atoms with E-state index < -0.39 is 0 Å². The highest BCUT2D eigenvalue weighted by molar-refractivity contribution is 7.25. The Hall–Kier alpha value is -7.40. The van der Waals surface area contributed by atoms with Gasteiger partial charge in [-0.15, -0.1) is 11.3 Å². The molecule has 0 radical (unpaired) electrons. The SMILES string of the molecule is c1ccc(-n2c3ccccc3c3cc(-c4ccc(N(c5ccc(-c6ccc7sc8ccccc8c7c6)cc5)c5ccc6oc7ccccc7c6c5)cc4)ccc32)cc1. The molecule has 0 spiro atoms. The van der Waals surface area contributed by atoms with E-state index in [1.54, 1.807) is 0 Å². The summed E-state index contributed by atoms with van der Waals surface area (Å²) >= 11 is 1.85. The minimum Gasteiger partial charge on any atom is -0.456 e. The van der Waals surface area contributed by atoms with E-state index in [2.05, 4.69) is 204 Å². The molecule has 3 aromatic heterocycles. The summed E-state index contributed by atoms with van der Waals surface area (Å²) in [6, 6.07) is 74.5. The third kappa shape index (κ3) is 5.27. The number of hydrogen-bond acceptors (Lipinski definition) is 3. The van der Waals surface area contributed by atoms with E-state index in [0.29, 0.717) is 0 Å². The smallest absolute Gasteiger partial charge is 0.135 e. The second-order valence-corrected chi connectivity index (χ2v) is 16.0. The van der Waals surface area contributed by atoms with Crippen molar-refractivity contribution in [2.45, 2.75) is 0 Å². The van der Waals surface area contributed by atoms with Crippen LogP contribution >= 0.6 is 11.3 Å². The summed E-state index contributed by atoms with van der Waals surface area (Å²) in [5.74, 6) is 0. The van der Waals surface area contributed by atoms with Crippen LogP contribution in [-0.4, -0.2) is 4.57 Å². The van der Waals surface area contributed by atoms with Crippen molar-refractivity contribution in [3.05, 3.63) is 206 Å². The lowest BCUT2D eigenvalue weighted by molar-refractivity contribution is 0.669. The van der Waals surface area contributed by atoms with Crippen molar-refractivity contribution in [2.75, 3.05) is 4.90 Å². The zero-order valence-corrected chi connectivity index (χ0v) is 32.2. The van der Waals surface area contributed by atoms with Crippen LogP contribution in [0.5, 0.6) is 0 Å². The number of hydrogen-bond donors (Lipinski definition) is 0. The standard InChI is InChI=1S/C54H34N2OS/c1-2-10-39(11-3-1)56-49-15-7-4-12-43(49)46-32-37(22-29-50(46)56)35-18-24-40(25-19-35)55(42-28-30-52-47(34-42)44-13-5-8-16-51(44)57-52)41-26-20-36(21-27-41)38-23-31-54-48(33-38)45-14-6-9-17-53(45)58-54/h1-34H. The van der Waals surface area contributed by atoms with Gasteiger partial charge >= 0.3 is 0 Å². The molecule has 0 unspecified atom stereocenters. The average Bonchev–Trinajstić information content (AvgIpc) is 3.96. The molecule has 0 aliphatic carbocycles. The number of fused-ring (bicyclic) bond motifs is 9. The van der Waals surface area contributed by atoms with E-state index in [1.165, 1.54) is 64.2 Å². The van der Waals surface area contributed by atoms with Crippen LogP contribution < -0.4 is 4.90 Å². The largest absolute Gasteiger partial charge is 0.456 e. The molecular weight excluding hydrogens is 725 g/mol. The predicted octanol–water partition coefficient (Wildman–Crippen LogP) is 15.9. The van der Waals surface area contributed by atoms with Crippen molar-refractivity contribution in [3.63, 3.8) is 0 Å². The number of thiophene rings is 1. The summed E-state index contributed by atoms with van der Waals surface area (Å²) in [7, 11) is 0. The van der Waals surface area contributed by atoms with Crippen molar-refractivity contribution in [3.8, 4) is 27.9 Å². The molecule has 58 heavy (non-hydrogen) atoms. The van der Waals surface area contributed by atoms with Crippen molar-refractivity contribution in [1.29, 1.82) is 0 Å². The Kier molecular flexibility index (Phi) is 7.40. The van der Waals surface area contributed by atoms with Crippen LogP contribution in [-0.2, 0) is 0 Å². The Labute approximate surface area is 338 Å². The number of benzene rings is 9. The zero-order chi connectivity index (χ0) is 38.2. The summed E-state index contributed by atoms with van der Waals surface area (Å²) in [4.78, 5) is 2.35. The molecule has 0 saturated heterocycles. The molecule has 0 fully saturated rings. The minimum absolute atomic E-state index is 0.885. The molecule has 0 atom stereocenters. The molecule has 0 amide bonds. The highest BCUT2D eigenvalue weighted by Gasteiger charge is 2.18. The van der Waals surface area contributed by atoms with E-state index in [4.69, 9.17) is 4.42 Å². The first kappa shape index (κ1) is 32.8. The number of para-hydroxylation sites is 3. The maximum Gasteiger partial charge on any atom is 0.135 e. The molecule has 0 saturated carbocycles. The number of furan rings is 1. The van der Waals surface area contributed by atoms with E-state index in [9.17, 15) is 0 Å². The van der Waals surface area contributed by atoms with Crippen LogP contribution in [0.4, 0.5) is 17.1 Å². The minimum atomic E-state index is 0.885. The van der Waals surface area contributed by atoms with Crippen LogP contribution in [0, 0.1) is 0 Å². The van der Waals surface area contributed by atoms with E-state index in [0.717, 1.165) is 44.7 Å². The normalized spacial score (nSPS) is 11.8. The van der Waals surface area contributed by atoms with Gasteiger partial charge in [0.05, 0.1) is 11.0 Å². The van der Waals surface area contributed by atoms with Crippen molar-refractivity contribution < 1.29 is 4.42 Å². The number of aromatic nitrogens is 1. The van der Waals surface area contributed by atoms with E-state index in [1.807, 2.05) is 23.5 Å². The van der Waals surface area contributed by atoms with Gasteiger partial charge in [0.15, 0.2) is 0 Å². The van der Waals surface area contributed by atoms with Crippen molar-refractivity contribution in [2.24, 2.45) is 0 Å². The molecular formula is C54H34N2OS. The Morgan fingerprint density at radius 1 is 0.345 bits per heavy atom. The summed E-state index contributed by atoms with van der Waals surface area (Å²) in [5.41, 5.74) is 13.4. The fourth-order valence-electron chi connectivity index (χ4n) is 8.82. The summed E-state index contributed by atoms with van der Waals surface area (Å²) in [5, 5.41) is 7.34. The molecule has 0 aliphatic rings. The molecule has 12 rings (SSSR count). The van der Waals surface area contributed by atoms with Crippen molar-refractivity contribution in [1.82, 2.24) is 4.57 Å². The molecule has 272 valence electrons. The highest BCUT2D eigenvalue weighted by Crippen LogP contribution is 2.42. The average molecular weight is 759 g/mol. The van der Waals surface area contributed by atoms with Gasteiger partial charge in [-0.1, -0.05) is 109 Å². The van der Waals surface area contributed by atoms with Gasteiger partial charge < -0.3 is 13.9 Å². The summed E-state index contributed by atoms with van der Waals surface area (Å²) < 4.78 is 11.2. The van der Waals surface area contributed by atoms with Crippen molar-refractivity contribution >= 4 is 92.3 Å². The topological polar surface area (TPSA) is 21.3 Å². The quantitative estimate of drug-likeness (QED) is 0.168. The maximum atomic E-state index is 6.24. The molecule has 0 aliphatic heterocycles. The Morgan fingerprint density at radius 2 is 0.897 bits per heavy atom. The molecule has 12 aromatic rings. The van der Waals surface area contributed by atoms with E-state index >= 15 is 0 Å². The van der Waals surface area contributed by atoms with Crippen LogP contribution in [0.25, 0.3) is 91.9 Å². The Balaban J connectivity index is 0.953. The molecule has 0 bridgehead atoms. The lowest BCUT2D eigenvalue weighted by Crippen LogP contribution is -2.09. The molecule has 4 heteroatoms. The summed E-state index contributed by atoms with van der Waals surface area (Å²) in [6.45, 7) is 0. The molecule has 0 N–H and O–H groups in total. The van der Waals surface area contributed by atoms with Gasteiger partial charge in [-0.2, -0.15) is 0 Å². The zero-order valence-electron chi connectivity index (χ0n) is 31.3. The van der Waals surface area contributed by atoms with Crippen LogP contribution in [0.2, 0.25) is 0 Å². The van der Waals surface area contributed by atoms with Gasteiger partial charge in [0.1, 0.15) is 11.2 Å². The summed E-state index contributed by atoms with van der Waals surface area (Å²) in [6.07, 6.45) is 0. The van der Waals surface area contributed by atoms with Gasteiger partial charge in [0, 0.05) is 64.5 Å². The number of nitrogens with zero attached hydrogens (tertiary/aromatic N) is 2. The van der Waals surface area contributed by atoms with Crippen LogP contribution in [0.3, 0.4) is 0 Å². The highest BCUT2D eigenvalue weighted by atomic mass is 32.1. The third-order valence-electron chi connectivity index (χ3n) is 11.6. The Bertz CT molecular complexity index is 3500. The fourth-order valence-corrected chi connectivity index (χ4v) is 9.91. The second kappa shape index (κ2) is 13.1. The number of anilines is 3. The predicted molar refractivity (Wildman–Crippen MR) is 247 cm³/mol. The van der Waals surface area contributed by atoms with Crippen LogP contribution in [0.1, 0.15) is 0 Å². The van der Waals surface area contributed by atoms with Gasteiger partial charge in [-0.25, -0.2) is 0 Å². The van der Waals surface area contributed by atoms with Gasteiger partial charge in [0.2, 0.25) is 0 Å². The van der Waals surface area contributed by atoms with Gasteiger partial charge in [0.25, 0.3) is 0 Å². The van der Waals surface area contributed by atoms with Crippen LogP contribution in [0.15, 0.2) is 211 Å². The van der Waals surface area contributed by atoms with Gasteiger partial charge in [-0.3, -0.25) is 0 Å². The lowest BCUT2D eigenvalue weighted by atomic mass is 10.0. The number of rotatable bonds is 6. The first-order valence-electron chi connectivity index (χ1n) is 19.7. The first-order valence-corrected chi connectivity index (χ1v) is 20.5. The van der Waals surface area contributed by atoms with Gasteiger partial charge in [-0.05, 0) is 119 Å². The molecule has 9 aromatic carbocycles. The fraction of sp³-hybridized carbons (Fsp3) is 0. The third-order valence-corrected chi connectivity index (χ3v) is 12.8. The maximum absolute atomic E-state index is 6.24.